The van der Waals surface area contributed by atoms with Crippen LogP contribution in [0.1, 0.15) is 12.8 Å². The molecule has 0 bridgehead atoms. The van der Waals surface area contributed by atoms with Crippen molar-refractivity contribution in [3.05, 3.63) is 0 Å². The van der Waals surface area contributed by atoms with E-state index in [-0.39, 0.29) is 5.92 Å². The van der Waals surface area contributed by atoms with Gasteiger partial charge in [-0.2, -0.15) is 0 Å². The standard InChI is InChI=1S/C7H8F2O/c8-7(9)5-1-4(3-10)2-6(5)7/h3-6H,1-2H2/t4-,5+,6-. The Morgan fingerprint density at radius 2 is 1.80 bits per heavy atom. The topological polar surface area (TPSA) is 17.1 Å². The molecule has 0 aromatic heterocycles. The molecular formula is C7H8F2O. The number of alkyl halides is 2. The molecule has 0 aliphatic heterocycles. The summed E-state index contributed by atoms with van der Waals surface area (Å²) in [5, 5.41) is 0. The van der Waals surface area contributed by atoms with Crippen molar-refractivity contribution in [2.75, 3.05) is 0 Å². The third-order valence-corrected chi connectivity index (χ3v) is 2.67. The molecule has 0 aromatic rings. The molecule has 0 aromatic carbocycles. The molecule has 2 saturated carbocycles. The molecule has 0 amide bonds. The lowest BCUT2D eigenvalue weighted by Gasteiger charge is -2.04. The number of aldehydes is 1. The zero-order valence-corrected chi connectivity index (χ0v) is 5.39. The van der Waals surface area contributed by atoms with Gasteiger partial charge in [-0.1, -0.05) is 0 Å². The van der Waals surface area contributed by atoms with Gasteiger partial charge < -0.3 is 4.79 Å². The van der Waals surface area contributed by atoms with Crippen LogP contribution in [0.4, 0.5) is 8.78 Å². The highest BCUT2D eigenvalue weighted by Gasteiger charge is 2.71. The summed E-state index contributed by atoms with van der Waals surface area (Å²) in [6, 6.07) is 0. The molecule has 2 aliphatic rings. The highest BCUT2D eigenvalue weighted by Crippen LogP contribution is 2.65. The van der Waals surface area contributed by atoms with Crippen molar-refractivity contribution in [2.45, 2.75) is 18.8 Å². The van der Waals surface area contributed by atoms with Crippen molar-refractivity contribution in [2.24, 2.45) is 17.8 Å². The Labute approximate surface area is 57.4 Å². The van der Waals surface area contributed by atoms with E-state index in [1.807, 2.05) is 0 Å². The largest absolute Gasteiger partial charge is 0.303 e. The predicted octanol–water partition coefficient (Wildman–Crippen LogP) is 1.48. The van der Waals surface area contributed by atoms with Crippen LogP contribution in [0.5, 0.6) is 0 Å². The summed E-state index contributed by atoms with van der Waals surface area (Å²) in [7, 11) is 0. The van der Waals surface area contributed by atoms with Gasteiger partial charge in [-0.05, 0) is 12.8 Å². The van der Waals surface area contributed by atoms with E-state index in [9.17, 15) is 13.6 Å². The molecule has 0 saturated heterocycles. The number of hydrogen-bond acceptors (Lipinski definition) is 1. The second-order valence-electron chi connectivity index (χ2n) is 3.26. The molecule has 3 heteroatoms. The number of fused-ring (bicyclic) bond motifs is 1. The number of halogens is 2. The van der Waals surface area contributed by atoms with Gasteiger partial charge in [-0.25, -0.2) is 8.78 Å². The van der Waals surface area contributed by atoms with Gasteiger partial charge in [-0.3, -0.25) is 0 Å². The second kappa shape index (κ2) is 1.57. The fourth-order valence-electron chi connectivity index (χ4n) is 1.96. The quantitative estimate of drug-likeness (QED) is 0.512. The van der Waals surface area contributed by atoms with Crippen molar-refractivity contribution in [1.82, 2.24) is 0 Å². The van der Waals surface area contributed by atoms with Gasteiger partial charge in [0.1, 0.15) is 6.29 Å². The second-order valence-corrected chi connectivity index (χ2v) is 3.26. The fraction of sp³-hybridized carbons (Fsp3) is 0.857. The van der Waals surface area contributed by atoms with Crippen molar-refractivity contribution in [3.8, 4) is 0 Å². The molecule has 0 radical (unpaired) electrons. The van der Waals surface area contributed by atoms with Gasteiger partial charge in [0.25, 0.3) is 5.92 Å². The van der Waals surface area contributed by atoms with Crippen molar-refractivity contribution < 1.29 is 13.6 Å². The van der Waals surface area contributed by atoms with Crippen LogP contribution in [-0.2, 0) is 4.79 Å². The number of rotatable bonds is 1. The lowest BCUT2D eigenvalue weighted by atomic mass is 10.1. The van der Waals surface area contributed by atoms with Crippen LogP contribution in [0.25, 0.3) is 0 Å². The summed E-state index contributed by atoms with van der Waals surface area (Å²) in [6.07, 6.45) is 1.64. The predicted molar refractivity (Wildman–Crippen MR) is 30.7 cm³/mol. The van der Waals surface area contributed by atoms with Crippen LogP contribution in [-0.4, -0.2) is 12.2 Å². The van der Waals surface area contributed by atoms with E-state index in [1.165, 1.54) is 0 Å². The van der Waals surface area contributed by atoms with Gasteiger partial charge in [0.05, 0.1) is 0 Å². The molecule has 2 aliphatic carbocycles. The van der Waals surface area contributed by atoms with E-state index in [0.29, 0.717) is 12.8 Å². The Morgan fingerprint density at radius 3 is 2.20 bits per heavy atom. The Kier molecular flexibility index (Phi) is 0.984. The smallest absolute Gasteiger partial charge is 0.254 e. The van der Waals surface area contributed by atoms with Crippen molar-refractivity contribution in [3.63, 3.8) is 0 Å². The number of carbonyl (C=O) groups is 1. The molecular weight excluding hydrogens is 138 g/mol. The fourth-order valence-corrected chi connectivity index (χ4v) is 1.96. The van der Waals surface area contributed by atoms with Crippen LogP contribution < -0.4 is 0 Å². The Morgan fingerprint density at radius 1 is 1.30 bits per heavy atom. The number of hydrogen-bond donors (Lipinski definition) is 0. The summed E-state index contributed by atoms with van der Waals surface area (Å²) < 4.78 is 24.9. The molecule has 0 unspecified atom stereocenters. The molecule has 2 fully saturated rings. The van der Waals surface area contributed by atoms with E-state index in [1.54, 1.807) is 0 Å². The Bertz CT molecular complexity index is 164. The summed E-state index contributed by atoms with van der Waals surface area (Å²) in [6.45, 7) is 0. The minimum absolute atomic E-state index is 0.0744. The van der Waals surface area contributed by atoms with E-state index < -0.39 is 17.8 Å². The van der Waals surface area contributed by atoms with Gasteiger partial charge in [0.2, 0.25) is 0 Å². The molecule has 0 N–H and O–H groups in total. The maximum absolute atomic E-state index is 12.4. The third-order valence-electron chi connectivity index (χ3n) is 2.67. The average molecular weight is 146 g/mol. The third kappa shape index (κ3) is 0.580. The molecule has 2 rings (SSSR count). The van der Waals surface area contributed by atoms with E-state index in [2.05, 4.69) is 0 Å². The first kappa shape index (κ1) is 6.25. The molecule has 56 valence electrons. The first-order valence-corrected chi connectivity index (χ1v) is 3.49. The highest BCUT2D eigenvalue weighted by atomic mass is 19.3. The van der Waals surface area contributed by atoms with Crippen LogP contribution in [0, 0.1) is 17.8 Å². The average Bonchev–Trinajstić information content (AvgIpc) is 2.37. The Balaban J connectivity index is 2.01. The first-order chi connectivity index (χ1) is 4.66. The van der Waals surface area contributed by atoms with Gasteiger partial charge >= 0.3 is 0 Å². The van der Waals surface area contributed by atoms with E-state index in [0.717, 1.165) is 6.29 Å². The highest BCUT2D eigenvalue weighted by molar-refractivity contribution is 5.55. The lowest BCUT2D eigenvalue weighted by molar-refractivity contribution is -0.111. The SMILES string of the molecule is O=C[C@H]1C[C@@H]2[C@H](C1)C2(F)F. The monoisotopic (exact) mass is 146 g/mol. The van der Waals surface area contributed by atoms with Crippen LogP contribution in [0.15, 0.2) is 0 Å². The normalized spacial score (nSPS) is 48.4. The van der Waals surface area contributed by atoms with E-state index in [4.69, 9.17) is 0 Å². The molecule has 1 nitrogen and oxygen atoms in total. The van der Waals surface area contributed by atoms with Crippen molar-refractivity contribution in [1.29, 1.82) is 0 Å². The van der Waals surface area contributed by atoms with Gasteiger partial charge in [0, 0.05) is 17.8 Å². The van der Waals surface area contributed by atoms with Gasteiger partial charge in [0.15, 0.2) is 0 Å². The summed E-state index contributed by atoms with van der Waals surface area (Å²) in [5.74, 6) is -3.40. The summed E-state index contributed by atoms with van der Waals surface area (Å²) >= 11 is 0. The molecule has 0 spiro atoms. The maximum Gasteiger partial charge on any atom is 0.254 e. The first-order valence-electron chi connectivity index (χ1n) is 3.49. The minimum atomic E-state index is -2.42. The molecule has 0 heterocycles. The van der Waals surface area contributed by atoms with Crippen LogP contribution in [0.2, 0.25) is 0 Å². The van der Waals surface area contributed by atoms with Crippen LogP contribution >= 0.6 is 0 Å². The van der Waals surface area contributed by atoms with E-state index >= 15 is 0 Å². The Hall–Kier alpha value is -0.470. The minimum Gasteiger partial charge on any atom is -0.303 e. The summed E-state index contributed by atoms with van der Waals surface area (Å²) in [5.41, 5.74) is 0. The van der Waals surface area contributed by atoms with Crippen LogP contribution in [0.3, 0.4) is 0 Å². The molecule has 3 atom stereocenters. The zero-order chi connectivity index (χ0) is 7.35. The van der Waals surface area contributed by atoms with Gasteiger partial charge in [-0.15, -0.1) is 0 Å². The lowest BCUT2D eigenvalue weighted by Crippen LogP contribution is -2.08. The van der Waals surface area contributed by atoms with Crippen molar-refractivity contribution >= 4 is 6.29 Å². The molecule has 10 heavy (non-hydrogen) atoms. The summed E-state index contributed by atoms with van der Waals surface area (Å²) in [4.78, 5) is 10.1. The maximum atomic E-state index is 12.4. The zero-order valence-electron chi connectivity index (χ0n) is 5.39. The number of carbonyl (C=O) groups excluding carboxylic acids is 1.